The van der Waals surface area contributed by atoms with Crippen LogP contribution in [-0.4, -0.2) is 7.05 Å². The van der Waals surface area contributed by atoms with E-state index in [2.05, 4.69) is 135 Å². The van der Waals surface area contributed by atoms with Crippen molar-refractivity contribution in [1.29, 1.82) is 0 Å². The summed E-state index contributed by atoms with van der Waals surface area (Å²) in [5, 5.41) is 0. The Hall–Kier alpha value is -3.52. The highest BCUT2D eigenvalue weighted by Gasteiger charge is 2.37. The van der Waals surface area contributed by atoms with Crippen LogP contribution in [0.1, 0.15) is 30.5 Å². The highest BCUT2D eigenvalue weighted by atomic mass is 15.2. The molecule has 0 radical (unpaired) electrons. The average Bonchev–Trinajstić information content (AvgIpc) is 2.80. The van der Waals surface area contributed by atoms with Gasteiger partial charge >= 0.3 is 0 Å². The molecule has 154 valence electrons. The monoisotopic (exact) mass is 404 g/mol. The molecule has 2 heteroatoms. The first-order valence-corrected chi connectivity index (χ1v) is 10.9. The number of anilines is 5. The third kappa shape index (κ3) is 3.11. The lowest BCUT2D eigenvalue weighted by Crippen LogP contribution is -2.31. The number of benzene rings is 4. The van der Waals surface area contributed by atoms with Crippen molar-refractivity contribution in [2.75, 3.05) is 16.8 Å². The van der Waals surface area contributed by atoms with Gasteiger partial charge in [-0.15, -0.1) is 0 Å². The summed E-state index contributed by atoms with van der Waals surface area (Å²) >= 11 is 0. The maximum atomic E-state index is 2.41. The lowest BCUT2D eigenvalue weighted by molar-refractivity contribution is 0.631. The first-order chi connectivity index (χ1) is 15.0. The molecule has 0 unspecified atom stereocenters. The first-order valence-electron chi connectivity index (χ1n) is 10.9. The minimum atomic E-state index is -0.100. The van der Waals surface area contributed by atoms with Crippen molar-refractivity contribution < 1.29 is 0 Å². The van der Waals surface area contributed by atoms with Gasteiger partial charge in [-0.3, -0.25) is 0 Å². The zero-order chi connectivity index (χ0) is 21.6. The van der Waals surface area contributed by atoms with Crippen LogP contribution in [0.25, 0.3) is 0 Å². The van der Waals surface area contributed by atoms with Gasteiger partial charge in [-0.1, -0.05) is 68.4 Å². The van der Waals surface area contributed by atoms with E-state index in [0.29, 0.717) is 0 Å². The van der Waals surface area contributed by atoms with Crippen LogP contribution in [0.15, 0.2) is 97.1 Å². The van der Waals surface area contributed by atoms with Crippen molar-refractivity contribution >= 4 is 28.4 Å². The fourth-order valence-electron chi connectivity index (χ4n) is 4.85. The van der Waals surface area contributed by atoms with Gasteiger partial charge < -0.3 is 9.80 Å². The molecule has 0 saturated carbocycles. The van der Waals surface area contributed by atoms with Crippen molar-refractivity contribution in [3.63, 3.8) is 0 Å². The molecule has 0 aliphatic carbocycles. The molecule has 0 spiro atoms. The van der Waals surface area contributed by atoms with Gasteiger partial charge in [-0.05, 0) is 66.1 Å². The van der Waals surface area contributed by atoms with Crippen LogP contribution in [0.3, 0.4) is 0 Å². The second-order valence-electron chi connectivity index (χ2n) is 8.86. The quantitative estimate of drug-likeness (QED) is 0.343. The van der Waals surface area contributed by atoms with E-state index in [1.807, 2.05) is 0 Å². The third-order valence-electron chi connectivity index (χ3n) is 6.57. The summed E-state index contributed by atoms with van der Waals surface area (Å²) in [5.41, 5.74) is 10.0. The molecule has 2 nitrogen and oxygen atoms in total. The van der Waals surface area contributed by atoms with Gasteiger partial charge in [0.1, 0.15) is 0 Å². The fraction of sp³-hybridized carbons (Fsp3) is 0.172. The van der Waals surface area contributed by atoms with Gasteiger partial charge in [-0.25, -0.2) is 0 Å². The van der Waals surface area contributed by atoms with Crippen LogP contribution in [0, 0.1) is 6.92 Å². The number of fused-ring (bicyclic) bond motifs is 2. The Kier molecular flexibility index (Phi) is 4.59. The van der Waals surface area contributed by atoms with Gasteiger partial charge in [0.2, 0.25) is 0 Å². The highest BCUT2D eigenvalue weighted by molar-refractivity contribution is 5.88. The average molecular weight is 405 g/mol. The van der Waals surface area contributed by atoms with Crippen LogP contribution in [0.2, 0.25) is 0 Å². The lowest BCUT2D eigenvalue weighted by atomic mass is 9.73. The first kappa shape index (κ1) is 19.4. The van der Waals surface area contributed by atoms with E-state index in [-0.39, 0.29) is 5.41 Å². The SMILES string of the molecule is Cc1cc2c(cc1N(C)c1ccccc1)C(C)(C)c1ccccc1N2c1ccccc1. The predicted molar refractivity (Wildman–Crippen MR) is 132 cm³/mol. The molecular weight excluding hydrogens is 376 g/mol. The fourth-order valence-corrected chi connectivity index (χ4v) is 4.85. The van der Waals surface area contributed by atoms with E-state index >= 15 is 0 Å². The van der Waals surface area contributed by atoms with Gasteiger partial charge in [0, 0.05) is 29.5 Å². The molecule has 0 amide bonds. The van der Waals surface area contributed by atoms with Gasteiger partial charge in [0.25, 0.3) is 0 Å². The minimum absolute atomic E-state index is 0.100. The molecule has 0 aromatic heterocycles. The summed E-state index contributed by atoms with van der Waals surface area (Å²) in [6.45, 7) is 6.90. The Balaban J connectivity index is 1.75. The van der Waals surface area contributed by atoms with E-state index in [1.54, 1.807) is 0 Å². The Morgan fingerprint density at radius 2 is 1.29 bits per heavy atom. The summed E-state index contributed by atoms with van der Waals surface area (Å²) in [6, 6.07) is 34.8. The summed E-state index contributed by atoms with van der Waals surface area (Å²) in [6.07, 6.45) is 0. The zero-order valence-corrected chi connectivity index (χ0v) is 18.6. The van der Waals surface area contributed by atoms with Crippen LogP contribution >= 0.6 is 0 Å². The number of rotatable bonds is 3. The molecular formula is C29H28N2. The molecule has 31 heavy (non-hydrogen) atoms. The van der Waals surface area contributed by atoms with E-state index < -0.39 is 0 Å². The topological polar surface area (TPSA) is 6.48 Å². The molecule has 0 atom stereocenters. The maximum absolute atomic E-state index is 2.41. The second kappa shape index (κ2) is 7.31. The van der Waals surface area contributed by atoms with E-state index in [0.717, 1.165) is 0 Å². The van der Waals surface area contributed by atoms with Gasteiger partial charge in [-0.2, -0.15) is 0 Å². The van der Waals surface area contributed by atoms with E-state index in [9.17, 15) is 0 Å². The van der Waals surface area contributed by atoms with Crippen LogP contribution < -0.4 is 9.80 Å². The van der Waals surface area contributed by atoms with Gasteiger partial charge in [0.15, 0.2) is 0 Å². The standard InChI is InChI=1S/C29H28N2/c1-21-19-28-25(20-27(21)30(4)22-13-7-5-8-14-22)29(2,3)24-17-11-12-18-26(24)31(28)23-15-9-6-10-16-23/h5-20H,1-4H3. The molecule has 1 aliphatic heterocycles. The van der Waals surface area contributed by atoms with Gasteiger partial charge in [0.05, 0.1) is 11.4 Å². The highest BCUT2D eigenvalue weighted by Crippen LogP contribution is 2.53. The summed E-state index contributed by atoms with van der Waals surface area (Å²) in [7, 11) is 2.16. The van der Waals surface area contributed by atoms with Crippen molar-refractivity contribution in [2.24, 2.45) is 0 Å². The normalized spacial score (nSPS) is 14.0. The lowest BCUT2D eigenvalue weighted by Gasteiger charge is -2.43. The molecule has 0 saturated heterocycles. The zero-order valence-electron chi connectivity index (χ0n) is 18.6. The molecule has 0 bridgehead atoms. The third-order valence-corrected chi connectivity index (χ3v) is 6.57. The number of nitrogens with zero attached hydrogens (tertiary/aromatic N) is 2. The smallest absolute Gasteiger partial charge is 0.0506 e. The van der Waals surface area contributed by atoms with Crippen molar-refractivity contribution in [3.05, 3.63) is 114 Å². The molecule has 1 aliphatic rings. The predicted octanol–water partition coefficient (Wildman–Crippen LogP) is 7.87. The van der Waals surface area contributed by atoms with Crippen LogP contribution in [0.4, 0.5) is 28.4 Å². The Bertz CT molecular complexity index is 1230. The number of para-hydroxylation sites is 3. The molecule has 1 heterocycles. The van der Waals surface area contributed by atoms with Crippen molar-refractivity contribution in [3.8, 4) is 0 Å². The molecule has 4 aromatic rings. The molecule has 5 rings (SSSR count). The van der Waals surface area contributed by atoms with Crippen molar-refractivity contribution in [2.45, 2.75) is 26.2 Å². The molecule has 0 N–H and O–H groups in total. The summed E-state index contributed by atoms with van der Waals surface area (Å²) in [4.78, 5) is 4.70. The van der Waals surface area contributed by atoms with Crippen molar-refractivity contribution in [1.82, 2.24) is 0 Å². The van der Waals surface area contributed by atoms with Crippen LogP contribution in [0.5, 0.6) is 0 Å². The number of aryl methyl sites for hydroxylation is 1. The van der Waals surface area contributed by atoms with E-state index in [4.69, 9.17) is 0 Å². The molecule has 4 aromatic carbocycles. The largest absolute Gasteiger partial charge is 0.344 e. The second-order valence-corrected chi connectivity index (χ2v) is 8.86. The van der Waals surface area contributed by atoms with E-state index in [1.165, 1.54) is 45.1 Å². The summed E-state index contributed by atoms with van der Waals surface area (Å²) in [5.74, 6) is 0. The Morgan fingerprint density at radius 3 is 2.00 bits per heavy atom. The number of hydrogen-bond acceptors (Lipinski definition) is 2. The Labute approximate surface area is 185 Å². The molecule has 0 fully saturated rings. The Morgan fingerprint density at radius 1 is 0.677 bits per heavy atom. The maximum Gasteiger partial charge on any atom is 0.0506 e. The van der Waals surface area contributed by atoms with Crippen LogP contribution in [-0.2, 0) is 5.41 Å². The number of hydrogen-bond donors (Lipinski definition) is 0. The minimum Gasteiger partial charge on any atom is -0.344 e. The summed E-state index contributed by atoms with van der Waals surface area (Å²) < 4.78 is 0.